The highest BCUT2D eigenvalue weighted by Crippen LogP contribution is 2.29. The van der Waals surface area contributed by atoms with Crippen molar-refractivity contribution in [2.24, 2.45) is 0 Å². The van der Waals surface area contributed by atoms with Gasteiger partial charge in [0.05, 0.1) is 11.3 Å². The van der Waals surface area contributed by atoms with Crippen molar-refractivity contribution in [2.75, 3.05) is 10.6 Å². The predicted molar refractivity (Wildman–Crippen MR) is 102 cm³/mol. The van der Waals surface area contributed by atoms with Gasteiger partial charge in [0.15, 0.2) is 5.69 Å². The van der Waals surface area contributed by atoms with Crippen LogP contribution in [0.1, 0.15) is 10.6 Å². The number of rotatable bonds is 5. The largest absolute Gasteiger partial charge is 0.358 e. The number of hydrogen-bond donors (Lipinski definition) is 3. The molecule has 0 unspecified atom stereocenters. The summed E-state index contributed by atoms with van der Waals surface area (Å²) >= 11 is 1.49. The maximum atomic E-state index is 12.3. The molecule has 1 aliphatic heterocycles. The average molecular weight is 380 g/mol. The van der Waals surface area contributed by atoms with Crippen molar-refractivity contribution in [1.29, 1.82) is 0 Å². The Balaban J connectivity index is 1.46. The minimum Gasteiger partial charge on any atom is -0.326 e. The van der Waals surface area contributed by atoms with Gasteiger partial charge in [0.2, 0.25) is 16.6 Å². The Labute approximate surface area is 157 Å². The van der Waals surface area contributed by atoms with Gasteiger partial charge in [-0.2, -0.15) is 0 Å². The molecular weight excluding hydrogens is 366 g/mol. The van der Waals surface area contributed by atoms with Crippen LogP contribution in [0.3, 0.4) is 0 Å². The number of anilines is 2. The van der Waals surface area contributed by atoms with Crippen LogP contribution in [0.15, 0.2) is 54.0 Å². The van der Waals surface area contributed by atoms with E-state index in [1.54, 1.807) is 30.5 Å². The molecule has 3 N–H and O–H groups in total. The smallest absolute Gasteiger partial charge is 0.326 e. The number of nitrogens with one attached hydrogen (secondary N) is 2. The summed E-state index contributed by atoms with van der Waals surface area (Å²) in [5, 5.41) is 17.6. The molecule has 2 heterocycles. The van der Waals surface area contributed by atoms with Gasteiger partial charge < -0.3 is 5.32 Å². The third kappa shape index (κ3) is 3.67. The number of hydrogen-bond acceptors (Lipinski definition) is 6. The van der Waals surface area contributed by atoms with Crippen LogP contribution in [0.4, 0.5) is 22.7 Å². The topological polar surface area (TPSA) is 108 Å². The number of carbonyl (C=O) groups excluding carboxylic acids is 1. The molecule has 1 radical (unpaired) electrons. The van der Waals surface area contributed by atoms with E-state index in [-0.39, 0.29) is 22.9 Å². The molecule has 0 spiro atoms. The van der Waals surface area contributed by atoms with Gasteiger partial charge in [-0.3, -0.25) is 4.79 Å². The zero-order valence-corrected chi connectivity index (χ0v) is 14.7. The monoisotopic (exact) mass is 380 g/mol. The molecule has 27 heavy (non-hydrogen) atoms. The Morgan fingerprint density at radius 3 is 2.96 bits per heavy atom. The Kier molecular flexibility index (Phi) is 4.35. The van der Waals surface area contributed by atoms with Crippen molar-refractivity contribution in [3.05, 3.63) is 69.5 Å². The number of benzene rings is 2. The summed E-state index contributed by atoms with van der Waals surface area (Å²) in [5.74, 6) is 0.448. The number of thiazole rings is 1. The van der Waals surface area contributed by atoms with Gasteiger partial charge in [0, 0.05) is 35.5 Å². The SMILES string of the molecule is O=C(Cc1cccc([N+](=O)O)c1)Nc1ccc2c(c1)[N+]=C(c1nccs1)N2. The molecule has 2 aromatic carbocycles. The molecule has 9 heteroatoms. The molecule has 1 aliphatic rings. The summed E-state index contributed by atoms with van der Waals surface area (Å²) in [6.07, 6.45) is 1.79. The second kappa shape index (κ2) is 6.96. The van der Waals surface area contributed by atoms with Gasteiger partial charge in [-0.1, -0.05) is 12.1 Å². The van der Waals surface area contributed by atoms with E-state index in [1.165, 1.54) is 23.5 Å². The van der Waals surface area contributed by atoms with Crippen molar-refractivity contribution < 1.29 is 14.9 Å². The van der Waals surface area contributed by atoms with Crippen molar-refractivity contribution in [2.45, 2.75) is 6.42 Å². The number of aliphatic imine (C=N–C) groups is 1. The van der Waals surface area contributed by atoms with Crippen LogP contribution >= 0.6 is 11.3 Å². The number of carbonyl (C=O) groups is 1. The summed E-state index contributed by atoms with van der Waals surface area (Å²) in [4.78, 5) is 31.7. The van der Waals surface area contributed by atoms with Crippen LogP contribution in [0, 0.1) is 4.91 Å². The van der Waals surface area contributed by atoms with Crippen molar-refractivity contribution >= 4 is 45.8 Å². The molecule has 133 valence electrons. The van der Waals surface area contributed by atoms with Crippen molar-refractivity contribution in [3.63, 3.8) is 0 Å². The Hall–Kier alpha value is -3.59. The first kappa shape index (κ1) is 16.9. The van der Waals surface area contributed by atoms with E-state index in [1.807, 2.05) is 11.4 Å². The Morgan fingerprint density at radius 2 is 2.19 bits per heavy atom. The Morgan fingerprint density at radius 1 is 1.30 bits per heavy atom. The van der Waals surface area contributed by atoms with Crippen LogP contribution in [-0.2, 0) is 11.2 Å². The molecule has 0 aliphatic carbocycles. The summed E-state index contributed by atoms with van der Waals surface area (Å²) in [7, 11) is 0. The molecule has 8 nitrogen and oxygen atoms in total. The van der Waals surface area contributed by atoms with E-state index in [0.29, 0.717) is 17.1 Å². The third-order valence-electron chi connectivity index (χ3n) is 3.90. The lowest BCUT2D eigenvalue weighted by Crippen LogP contribution is -2.14. The quantitative estimate of drug-likeness (QED) is 0.590. The highest BCUT2D eigenvalue weighted by atomic mass is 32.1. The third-order valence-corrected chi connectivity index (χ3v) is 4.68. The van der Waals surface area contributed by atoms with Crippen LogP contribution in [-0.4, -0.2) is 26.9 Å². The molecule has 4 rings (SSSR count). The summed E-state index contributed by atoms with van der Waals surface area (Å²) in [6, 6.07) is 11.6. The second-order valence-electron chi connectivity index (χ2n) is 5.82. The molecule has 3 aromatic rings. The minimum atomic E-state index is -0.238. The second-order valence-corrected chi connectivity index (χ2v) is 6.72. The van der Waals surface area contributed by atoms with Gasteiger partial charge in [0.1, 0.15) is 0 Å². The van der Waals surface area contributed by atoms with Crippen molar-refractivity contribution in [1.82, 2.24) is 9.98 Å². The number of fused-ring (bicyclic) bond motifs is 1. The van der Waals surface area contributed by atoms with Gasteiger partial charge in [-0.15, -0.1) is 11.3 Å². The van der Waals surface area contributed by atoms with E-state index >= 15 is 0 Å². The first-order valence-corrected chi connectivity index (χ1v) is 8.91. The fourth-order valence-corrected chi connectivity index (χ4v) is 3.28. The van der Waals surface area contributed by atoms with E-state index in [4.69, 9.17) is 5.21 Å². The maximum absolute atomic E-state index is 12.3. The molecular formula is C18H14N5O3S+2. The fraction of sp³-hybridized carbons (Fsp3) is 0.0556. The minimum absolute atomic E-state index is 0.0741. The van der Waals surface area contributed by atoms with E-state index in [9.17, 15) is 9.70 Å². The average Bonchev–Trinajstić information content (AvgIpc) is 3.30. The van der Waals surface area contributed by atoms with Gasteiger partial charge in [-0.25, -0.2) is 15.5 Å². The highest BCUT2D eigenvalue weighted by Gasteiger charge is 2.28. The number of amides is 1. The summed E-state index contributed by atoms with van der Waals surface area (Å²) in [5.41, 5.74) is 2.89. The lowest BCUT2D eigenvalue weighted by Gasteiger charge is -2.05. The Bertz CT molecular complexity index is 1060. The van der Waals surface area contributed by atoms with Gasteiger partial charge in [0.25, 0.3) is 4.92 Å². The van der Waals surface area contributed by atoms with Crippen LogP contribution in [0.2, 0.25) is 0 Å². The van der Waals surface area contributed by atoms with Gasteiger partial charge in [-0.05, 0) is 22.7 Å². The lowest BCUT2D eigenvalue weighted by molar-refractivity contribution is -0.729. The molecule has 1 aromatic heterocycles. The van der Waals surface area contributed by atoms with Gasteiger partial charge >= 0.3 is 11.5 Å². The van der Waals surface area contributed by atoms with E-state index in [2.05, 4.69) is 20.6 Å². The molecule has 0 bridgehead atoms. The maximum Gasteiger partial charge on any atom is 0.358 e. The highest BCUT2D eigenvalue weighted by molar-refractivity contribution is 7.11. The van der Waals surface area contributed by atoms with Crippen LogP contribution in [0.25, 0.3) is 0 Å². The molecule has 0 atom stereocenters. The van der Waals surface area contributed by atoms with Crippen molar-refractivity contribution in [3.8, 4) is 0 Å². The van der Waals surface area contributed by atoms with E-state index < -0.39 is 0 Å². The zero-order valence-electron chi connectivity index (χ0n) is 13.9. The molecule has 0 saturated carbocycles. The lowest BCUT2D eigenvalue weighted by atomic mass is 10.1. The normalized spacial score (nSPS) is 12.1. The van der Waals surface area contributed by atoms with Crippen LogP contribution in [0.5, 0.6) is 0 Å². The molecule has 0 fully saturated rings. The molecule has 0 saturated heterocycles. The summed E-state index contributed by atoms with van der Waals surface area (Å²) in [6.45, 7) is 0. The zero-order chi connectivity index (χ0) is 18.8. The van der Waals surface area contributed by atoms with E-state index in [0.717, 1.165) is 16.4 Å². The summed E-state index contributed by atoms with van der Waals surface area (Å²) < 4.78 is 0. The fourth-order valence-electron chi connectivity index (χ4n) is 2.70. The van der Waals surface area contributed by atoms with Crippen LogP contribution < -0.4 is 15.6 Å². The number of nitrogens with zero attached hydrogens (tertiary/aromatic N) is 3. The first-order chi connectivity index (χ1) is 13.1. The first-order valence-electron chi connectivity index (χ1n) is 8.03. The standard InChI is InChI=1S/C18H13N5O3S/c24-16(9-11-2-1-3-13(8-11)23(25)26)20-12-4-5-14-15(10-12)22-17(21-14)18-19-6-7-27-18/h1-8,10H,9H2,(H2-,19,20,21,24,25,26)/q+1/p+1. The number of amidine groups is 1. The molecule has 1 amide bonds. The predicted octanol–water partition coefficient (Wildman–Crippen LogP) is 2.96. The number of aromatic nitrogens is 1.